The van der Waals surface area contributed by atoms with Gasteiger partial charge in [0, 0.05) is 0 Å². The van der Waals surface area contributed by atoms with Crippen LogP contribution in [0.1, 0.15) is 55.4 Å². The zero-order valence-electron chi connectivity index (χ0n) is 12.4. The van der Waals surface area contributed by atoms with Gasteiger partial charge in [-0.25, -0.2) is 0 Å². The van der Waals surface area contributed by atoms with E-state index in [0.29, 0.717) is 12.7 Å². The molecule has 106 valence electrons. The first-order chi connectivity index (χ1) is 9.04. The zero-order valence-corrected chi connectivity index (χ0v) is 12.4. The molecule has 1 aliphatic carbocycles. The SMILES string of the molecule is Cc1cc(C)cc(C(O)COC2CCC(C)CC2)c1. The van der Waals surface area contributed by atoms with Gasteiger partial charge < -0.3 is 9.84 Å². The van der Waals surface area contributed by atoms with Gasteiger partial charge in [0.25, 0.3) is 0 Å². The highest BCUT2D eigenvalue weighted by Gasteiger charge is 2.20. The fourth-order valence-electron chi connectivity index (χ4n) is 2.92. The molecule has 2 nitrogen and oxygen atoms in total. The Bertz CT molecular complexity index is 385. The Morgan fingerprint density at radius 1 is 1.11 bits per heavy atom. The predicted octanol–water partition coefficient (Wildman–Crippen LogP) is 3.93. The molecule has 0 saturated heterocycles. The maximum Gasteiger partial charge on any atom is 0.102 e. The molecule has 19 heavy (non-hydrogen) atoms. The van der Waals surface area contributed by atoms with Crippen LogP contribution in [-0.4, -0.2) is 17.8 Å². The molecule has 1 saturated carbocycles. The van der Waals surface area contributed by atoms with Gasteiger partial charge in [-0.2, -0.15) is 0 Å². The average molecular weight is 262 g/mol. The van der Waals surface area contributed by atoms with E-state index in [4.69, 9.17) is 4.74 Å². The lowest BCUT2D eigenvalue weighted by atomic mass is 9.89. The second-order valence-electron chi connectivity index (χ2n) is 6.15. The minimum absolute atomic E-state index is 0.344. The van der Waals surface area contributed by atoms with Crippen molar-refractivity contribution in [1.29, 1.82) is 0 Å². The number of hydrogen-bond donors (Lipinski definition) is 1. The highest BCUT2D eigenvalue weighted by atomic mass is 16.5. The van der Waals surface area contributed by atoms with Crippen molar-refractivity contribution in [2.24, 2.45) is 5.92 Å². The molecule has 1 N–H and O–H groups in total. The highest BCUT2D eigenvalue weighted by Crippen LogP contribution is 2.26. The Morgan fingerprint density at radius 2 is 1.68 bits per heavy atom. The van der Waals surface area contributed by atoms with Gasteiger partial charge >= 0.3 is 0 Å². The van der Waals surface area contributed by atoms with Crippen molar-refractivity contribution in [2.45, 2.75) is 58.7 Å². The first kappa shape index (κ1) is 14.5. The number of ether oxygens (including phenoxy) is 1. The van der Waals surface area contributed by atoms with E-state index < -0.39 is 6.10 Å². The largest absolute Gasteiger partial charge is 0.386 e. The summed E-state index contributed by atoms with van der Waals surface area (Å²) in [7, 11) is 0. The van der Waals surface area contributed by atoms with E-state index in [2.05, 4.69) is 26.8 Å². The summed E-state index contributed by atoms with van der Waals surface area (Å²) >= 11 is 0. The molecule has 0 bridgehead atoms. The third-order valence-electron chi connectivity index (χ3n) is 4.08. The van der Waals surface area contributed by atoms with E-state index >= 15 is 0 Å². The standard InChI is InChI=1S/C17H26O2/c1-12-4-6-16(7-5-12)19-11-17(18)15-9-13(2)8-14(3)10-15/h8-10,12,16-18H,4-7,11H2,1-3H3. The molecule has 0 amide bonds. The van der Waals surface area contributed by atoms with Crippen LogP contribution < -0.4 is 0 Å². The third kappa shape index (κ3) is 4.32. The molecular formula is C17H26O2. The van der Waals surface area contributed by atoms with Crippen LogP contribution in [0.4, 0.5) is 0 Å². The van der Waals surface area contributed by atoms with Crippen molar-refractivity contribution in [3.63, 3.8) is 0 Å². The second-order valence-corrected chi connectivity index (χ2v) is 6.15. The van der Waals surface area contributed by atoms with E-state index in [1.165, 1.54) is 24.0 Å². The van der Waals surface area contributed by atoms with Crippen LogP contribution in [0.3, 0.4) is 0 Å². The van der Waals surface area contributed by atoms with Gasteiger partial charge in [0.2, 0.25) is 0 Å². The average Bonchev–Trinajstić information content (AvgIpc) is 2.36. The summed E-state index contributed by atoms with van der Waals surface area (Å²) in [6.45, 7) is 6.85. The van der Waals surface area contributed by atoms with Gasteiger partial charge in [0.05, 0.1) is 12.7 Å². The molecule has 1 aliphatic rings. The summed E-state index contributed by atoms with van der Waals surface area (Å²) in [5, 5.41) is 10.2. The van der Waals surface area contributed by atoms with Gasteiger partial charge in [-0.05, 0) is 51.0 Å². The van der Waals surface area contributed by atoms with Crippen LogP contribution in [0, 0.1) is 19.8 Å². The molecule has 1 fully saturated rings. The number of rotatable bonds is 4. The summed E-state index contributed by atoms with van der Waals surface area (Å²) in [5.74, 6) is 0.837. The van der Waals surface area contributed by atoms with Crippen molar-refractivity contribution < 1.29 is 9.84 Å². The van der Waals surface area contributed by atoms with Crippen LogP contribution in [0.2, 0.25) is 0 Å². The van der Waals surface area contributed by atoms with Crippen LogP contribution in [-0.2, 0) is 4.74 Å². The number of aryl methyl sites for hydroxylation is 2. The Hall–Kier alpha value is -0.860. The van der Waals surface area contributed by atoms with Crippen molar-refractivity contribution in [2.75, 3.05) is 6.61 Å². The van der Waals surface area contributed by atoms with Gasteiger partial charge in [-0.3, -0.25) is 0 Å². The lowest BCUT2D eigenvalue weighted by molar-refractivity contribution is -0.0294. The van der Waals surface area contributed by atoms with E-state index in [9.17, 15) is 5.11 Å². The normalized spacial score (nSPS) is 25.3. The predicted molar refractivity (Wildman–Crippen MR) is 78.2 cm³/mol. The lowest BCUT2D eigenvalue weighted by Gasteiger charge is -2.27. The lowest BCUT2D eigenvalue weighted by Crippen LogP contribution is -2.22. The summed E-state index contributed by atoms with van der Waals surface area (Å²) in [6.07, 6.45) is 4.63. The maximum absolute atomic E-state index is 10.2. The van der Waals surface area contributed by atoms with E-state index in [1.54, 1.807) is 0 Å². The number of aliphatic hydroxyl groups excluding tert-OH is 1. The molecule has 0 aliphatic heterocycles. The minimum Gasteiger partial charge on any atom is -0.386 e. The molecule has 1 unspecified atom stereocenters. The summed E-state index contributed by atoms with van der Waals surface area (Å²) < 4.78 is 5.88. The molecule has 1 atom stereocenters. The molecular weight excluding hydrogens is 236 g/mol. The van der Waals surface area contributed by atoms with Gasteiger partial charge in [0.1, 0.15) is 6.10 Å². The molecule has 1 aromatic rings. The maximum atomic E-state index is 10.2. The molecule has 0 aromatic heterocycles. The monoisotopic (exact) mass is 262 g/mol. The van der Waals surface area contributed by atoms with Crippen LogP contribution in [0.5, 0.6) is 0 Å². The summed E-state index contributed by atoms with van der Waals surface area (Å²) in [6, 6.07) is 6.22. The molecule has 2 heteroatoms. The van der Waals surface area contributed by atoms with E-state index in [-0.39, 0.29) is 0 Å². The van der Waals surface area contributed by atoms with Crippen LogP contribution in [0.25, 0.3) is 0 Å². The smallest absolute Gasteiger partial charge is 0.102 e. The fraction of sp³-hybridized carbons (Fsp3) is 0.647. The Kier molecular flexibility index (Phi) is 5.00. The number of benzene rings is 1. The Labute approximate surface area is 116 Å². The van der Waals surface area contributed by atoms with E-state index in [1.807, 2.05) is 12.1 Å². The quantitative estimate of drug-likeness (QED) is 0.890. The van der Waals surface area contributed by atoms with Crippen LogP contribution in [0.15, 0.2) is 18.2 Å². The van der Waals surface area contributed by atoms with Crippen molar-refractivity contribution in [1.82, 2.24) is 0 Å². The van der Waals surface area contributed by atoms with Crippen molar-refractivity contribution >= 4 is 0 Å². The first-order valence-corrected chi connectivity index (χ1v) is 7.42. The number of aliphatic hydroxyl groups is 1. The van der Waals surface area contributed by atoms with Gasteiger partial charge in [0.15, 0.2) is 0 Å². The highest BCUT2D eigenvalue weighted by molar-refractivity contribution is 5.29. The molecule has 2 rings (SSSR count). The number of hydrogen-bond acceptors (Lipinski definition) is 2. The molecule has 0 radical (unpaired) electrons. The van der Waals surface area contributed by atoms with Crippen LogP contribution >= 0.6 is 0 Å². The molecule has 0 spiro atoms. The second kappa shape index (κ2) is 6.53. The molecule has 1 aromatic carbocycles. The fourth-order valence-corrected chi connectivity index (χ4v) is 2.92. The van der Waals surface area contributed by atoms with Crippen molar-refractivity contribution in [3.05, 3.63) is 34.9 Å². The summed E-state index contributed by atoms with van der Waals surface area (Å²) in [5.41, 5.74) is 3.36. The topological polar surface area (TPSA) is 29.5 Å². The van der Waals surface area contributed by atoms with Gasteiger partial charge in [-0.1, -0.05) is 36.2 Å². The van der Waals surface area contributed by atoms with Crippen molar-refractivity contribution in [3.8, 4) is 0 Å². The zero-order chi connectivity index (χ0) is 13.8. The Morgan fingerprint density at radius 3 is 2.26 bits per heavy atom. The van der Waals surface area contributed by atoms with E-state index in [0.717, 1.165) is 24.3 Å². The minimum atomic E-state index is -0.502. The first-order valence-electron chi connectivity index (χ1n) is 7.42. The summed E-state index contributed by atoms with van der Waals surface area (Å²) in [4.78, 5) is 0. The third-order valence-corrected chi connectivity index (χ3v) is 4.08. The Balaban J connectivity index is 1.85. The van der Waals surface area contributed by atoms with Gasteiger partial charge in [-0.15, -0.1) is 0 Å². The molecule has 0 heterocycles.